The van der Waals surface area contributed by atoms with Crippen LogP contribution in [-0.2, 0) is 4.79 Å². The average molecular weight is 375 g/mol. The average Bonchev–Trinajstić information content (AvgIpc) is 2.52. The third-order valence-corrected chi connectivity index (χ3v) is 4.11. The lowest BCUT2D eigenvalue weighted by Crippen LogP contribution is -2.50. The van der Waals surface area contributed by atoms with Gasteiger partial charge in [-0.05, 0) is 52.3 Å². The van der Waals surface area contributed by atoms with Gasteiger partial charge in [-0.15, -0.1) is 13.2 Å². The molecule has 1 saturated heterocycles. The molecular formula is C17H24F3N3O3. The van der Waals surface area contributed by atoms with E-state index in [0.29, 0.717) is 6.04 Å². The predicted molar refractivity (Wildman–Crippen MR) is 88.8 cm³/mol. The Bertz CT molecular complexity index is 623. The van der Waals surface area contributed by atoms with E-state index in [1.54, 1.807) is 13.8 Å². The van der Waals surface area contributed by atoms with Crippen molar-refractivity contribution in [1.82, 2.24) is 15.6 Å². The number of aromatic nitrogens is 1. The molecule has 26 heavy (non-hydrogen) atoms. The maximum atomic E-state index is 12.5. The van der Waals surface area contributed by atoms with Crippen LogP contribution in [0.15, 0.2) is 18.3 Å². The molecule has 1 amide bonds. The quantitative estimate of drug-likeness (QED) is 0.800. The van der Waals surface area contributed by atoms with Gasteiger partial charge in [0.2, 0.25) is 5.91 Å². The van der Waals surface area contributed by atoms with Crippen LogP contribution in [0.25, 0.3) is 0 Å². The Labute approximate surface area is 150 Å². The molecule has 6 nitrogen and oxygen atoms in total. The largest absolute Gasteiger partial charge is 0.573 e. The lowest BCUT2D eigenvalue weighted by Gasteiger charge is -2.32. The fourth-order valence-electron chi connectivity index (χ4n) is 2.64. The normalized spacial score (nSPS) is 21.2. The summed E-state index contributed by atoms with van der Waals surface area (Å²) >= 11 is 0. The maximum absolute atomic E-state index is 12.5. The monoisotopic (exact) mass is 375 g/mol. The van der Waals surface area contributed by atoms with Crippen LogP contribution in [-0.4, -0.2) is 42.5 Å². The summed E-state index contributed by atoms with van der Waals surface area (Å²) in [5, 5.41) is 6.29. The van der Waals surface area contributed by atoms with Crippen molar-refractivity contribution < 1.29 is 27.4 Å². The molecule has 0 saturated carbocycles. The number of pyridine rings is 1. The van der Waals surface area contributed by atoms with Gasteiger partial charge < -0.3 is 20.1 Å². The number of piperidine rings is 1. The predicted octanol–water partition coefficient (Wildman–Crippen LogP) is 2.64. The van der Waals surface area contributed by atoms with Crippen molar-refractivity contribution in [3.05, 3.63) is 18.3 Å². The SMILES string of the molecule is CC1CC(NC(=O)C(C)(C)COc2ncccc2OC(F)(F)F)CCN1. The van der Waals surface area contributed by atoms with Crippen LogP contribution < -0.4 is 20.1 Å². The van der Waals surface area contributed by atoms with Crippen molar-refractivity contribution in [3.63, 3.8) is 0 Å². The third kappa shape index (κ3) is 6.05. The van der Waals surface area contributed by atoms with E-state index >= 15 is 0 Å². The Morgan fingerprint density at radius 1 is 1.42 bits per heavy atom. The summed E-state index contributed by atoms with van der Waals surface area (Å²) in [5.74, 6) is -1.06. The van der Waals surface area contributed by atoms with E-state index in [9.17, 15) is 18.0 Å². The second-order valence-electron chi connectivity index (χ2n) is 7.08. The first kappa shape index (κ1) is 20.3. The first-order chi connectivity index (χ1) is 12.1. The number of rotatable bonds is 6. The molecule has 0 aromatic carbocycles. The molecule has 1 aliphatic heterocycles. The molecule has 2 rings (SSSR count). The number of hydrogen-bond donors (Lipinski definition) is 2. The van der Waals surface area contributed by atoms with Gasteiger partial charge in [-0.1, -0.05) is 0 Å². The van der Waals surface area contributed by atoms with Crippen LogP contribution in [0.2, 0.25) is 0 Å². The highest BCUT2D eigenvalue weighted by Crippen LogP contribution is 2.31. The summed E-state index contributed by atoms with van der Waals surface area (Å²) in [4.78, 5) is 16.3. The summed E-state index contributed by atoms with van der Waals surface area (Å²) in [6, 6.07) is 2.81. The minimum absolute atomic E-state index is 0.0667. The fourth-order valence-corrected chi connectivity index (χ4v) is 2.64. The first-order valence-corrected chi connectivity index (χ1v) is 8.45. The standard InChI is InChI=1S/C17H24F3N3O3/c1-11-9-12(6-8-21-11)23-15(24)16(2,3)10-25-14-13(5-4-7-22-14)26-17(18,19)20/h4-5,7,11-12,21H,6,8-10H2,1-3H3,(H,23,24). The number of carbonyl (C=O) groups excluding carboxylic acids is 1. The molecule has 2 N–H and O–H groups in total. The first-order valence-electron chi connectivity index (χ1n) is 8.45. The molecule has 1 aliphatic rings. The molecule has 0 aliphatic carbocycles. The second kappa shape index (κ2) is 8.11. The van der Waals surface area contributed by atoms with Gasteiger partial charge in [0.1, 0.15) is 6.61 Å². The number of ether oxygens (including phenoxy) is 2. The summed E-state index contributed by atoms with van der Waals surface area (Å²) in [5.41, 5.74) is -0.943. The van der Waals surface area contributed by atoms with E-state index in [1.165, 1.54) is 12.3 Å². The van der Waals surface area contributed by atoms with E-state index in [4.69, 9.17) is 4.74 Å². The molecule has 0 radical (unpaired) electrons. The Balaban J connectivity index is 1.96. The molecule has 2 atom stereocenters. The number of carbonyl (C=O) groups is 1. The van der Waals surface area contributed by atoms with Crippen molar-refractivity contribution in [3.8, 4) is 11.6 Å². The summed E-state index contributed by atoms with van der Waals surface area (Å²) in [7, 11) is 0. The molecular weight excluding hydrogens is 351 g/mol. The van der Waals surface area contributed by atoms with E-state index in [2.05, 4.69) is 27.3 Å². The van der Waals surface area contributed by atoms with Gasteiger partial charge in [-0.2, -0.15) is 0 Å². The molecule has 0 bridgehead atoms. The highest BCUT2D eigenvalue weighted by atomic mass is 19.4. The van der Waals surface area contributed by atoms with E-state index in [-0.39, 0.29) is 24.4 Å². The van der Waals surface area contributed by atoms with Crippen molar-refractivity contribution in [2.24, 2.45) is 5.41 Å². The lowest BCUT2D eigenvalue weighted by atomic mass is 9.91. The number of halogens is 3. The summed E-state index contributed by atoms with van der Waals surface area (Å²) < 4.78 is 46.6. The highest BCUT2D eigenvalue weighted by Gasteiger charge is 2.34. The molecule has 0 spiro atoms. The topological polar surface area (TPSA) is 72.5 Å². The Morgan fingerprint density at radius 2 is 2.15 bits per heavy atom. The van der Waals surface area contributed by atoms with Gasteiger partial charge in [-0.3, -0.25) is 4.79 Å². The fraction of sp³-hybridized carbons (Fsp3) is 0.647. The lowest BCUT2D eigenvalue weighted by molar-refractivity contribution is -0.275. The Morgan fingerprint density at radius 3 is 2.81 bits per heavy atom. The molecule has 2 unspecified atom stereocenters. The van der Waals surface area contributed by atoms with Crippen molar-refractivity contribution >= 4 is 5.91 Å². The third-order valence-electron chi connectivity index (χ3n) is 4.11. The number of alkyl halides is 3. The number of amides is 1. The molecule has 1 fully saturated rings. The zero-order chi connectivity index (χ0) is 19.4. The second-order valence-corrected chi connectivity index (χ2v) is 7.08. The van der Waals surface area contributed by atoms with Gasteiger partial charge in [0.05, 0.1) is 5.41 Å². The number of nitrogens with zero attached hydrogens (tertiary/aromatic N) is 1. The molecule has 146 valence electrons. The molecule has 1 aromatic rings. The zero-order valence-corrected chi connectivity index (χ0v) is 15.0. The van der Waals surface area contributed by atoms with E-state index < -0.39 is 17.5 Å². The minimum Gasteiger partial charge on any atom is -0.474 e. The highest BCUT2D eigenvalue weighted by molar-refractivity contribution is 5.82. The van der Waals surface area contributed by atoms with Crippen LogP contribution in [0.4, 0.5) is 13.2 Å². The number of nitrogens with one attached hydrogen (secondary N) is 2. The Hall–Kier alpha value is -2.03. The van der Waals surface area contributed by atoms with Gasteiger partial charge in [0.25, 0.3) is 5.88 Å². The minimum atomic E-state index is -4.85. The number of hydrogen-bond acceptors (Lipinski definition) is 5. The van der Waals surface area contributed by atoms with Crippen LogP contribution >= 0.6 is 0 Å². The van der Waals surface area contributed by atoms with Gasteiger partial charge >= 0.3 is 6.36 Å². The van der Waals surface area contributed by atoms with Crippen LogP contribution in [0.5, 0.6) is 11.6 Å². The van der Waals surface area contributed by atoms with E-state index in [0.717, 1.165) is 25.5 Å². The van der Waals surface area contributed by atoms with Crippen molar-refractivity contribution in [1.29, 1.82) is 0 Å². The van der Waals surface area contributed by atoms with Gasteiger partial charge in [-0.25, -0.2) is 4.98 Å². The van der Waals surface area contributed by atoms with E-state index in [1.807, 2.05) is 0 Å². The van der Waals surface area contributed by atoms with Gasteiger partial charge in [0.15, 0.2) is 5.75 Å². The van der Waals surface area contributed by atoms with Crippen molar-refractivity contribution in [2.45, 2.75) is 52.1 Å². The maximum Gasteiger partial charge on any atom is 0.573 e. The molecule has 9 heteroatoms. The van der Waals surface area contributed by atoms with Crippen LogP contribution in [0.1, 0.15) is 33.6 Å². The summed E-state index contributed by atoms with van der Waals surface area (Å²) in [6.45, 7) is 6.08. The van der Waals surface area contributed by atoms with Crippen LogP contribution in [0.3, 0.4) is 0 Å². The smallest absolute Gasteiger partial charge is 0.474 e. The molecule has 2 heterocycles. The Kier molecular flexibility index (Phi) is 6.33. The summed E-state index contributed by atoms with van der Waals surface area (Å²) in [6.07, 6.45) is -1.90. The van der Waals surface area contributed by atoms with Crippen molar-refractivity contribution in [2.75, 3.05) is 13.2 Å². The van der Waals surface area contributed by atoms with Gasteiger partial charge in [0, 0.05) is 18.3 Å². The van der Waals surface area contributed by atoms with Crippen LogP contribution in [0, 0.1) is 5.41 Å². The zero-order valence-electron chi connectivity index (χ0n) is 15.0. The molecule has 1 aromatic heterocycles.